The van der Waals surface area contributed by atoms with Gasteiger partial charge in [0.2, 0.25) is 23.5 Å². The van der Waals surface area contributed by atoms with Crippen molar-refractivity contribution in [3.63, 3.8) is 0 Å². The summed E-state index contributed by atoms with van der Waals surface area (Å²) in [5.41, 5.74) is 2.05. The van der Waals surface area contributed by atoms with E-state index >= 15 is 0 Å². The van der Waals surface area contributed by atoms with Crippen LogP contribution >= 0.6 is 11.6 Å². The van der Waals surface area contributed by atoms with Gasteiger partial charge in [-0.15, -0.1) is 0 Å². The second-order valence-corrected chi connectivity index (χ2v) is 7.03. The minimum Gasteiger partial charge on any atom is -0.339 e. The van der Waals surface area contributed by atoms with Crippen molar-refractivity contribution in [3.8, 4) is 11.4 Å². The van der Waals surface area contributed by atoms with Crippen molar-refractivity contribution in [2.75, 3.05) is 16.8 Å². The highest BCUT2D eigenvalue weighted by atomic mass is 35.5. The minimum absolute atomic E-state index is 0.104. The zero-order chi connectivity index (χ0) is 19.7. The van der Waals surface area contributed by atoms with Gasteiger partial charge < -0.3 is 14.7 Å². The molecule has 1 aliphatic heterocycles. The number of anilines is 2. The Labute approximate surface area is 166 Å². The molecule has 8 heteroatoms. The van der Waals surface area contributed by atoms with Crippen LogP contribution in [0.4, 0.5) is 11.4 Å². The van der Waals surface area contributed by atoms with Crippen LogP contribution in [0, 0.1) is 12.8 Å². The fourth-order valence-corrected chi connectivity index (χ4v) is 3.36. The number of aryl methyl sites for hydroxylation is 1. The Morgan fingerprint density at radius 2 is 2.07 bits per heavy atom. The summed E-state index contributed by atoms with van der Waals surface area (Å²) in [6.45, 7) is 2.02. The number of carbonyl (C=O) groups is 2. The molecule has 1 aromatic heterocycles. The predicted molar refractivity (Wildman–Crippen MR) is 105 cm³/mol. The van der Waals surface area contributed by atoms with Gasteiger partial charge in [0.25, 0.3) is 0 Å². The Hall–Kier alpha value is -3.19. The summed E-state index contributed by atoms with van der Waals surface area (Å²) in [5.74, 6) is 0.176. The van der Waals surface area contributed by atoms with Gasteiger partial charge >= 0.3 is 0 Å². The zero-order valence-electron chi connectivity index (χ0n) is 15.1. The van der Waals surface area contributed by atoms with E-state index in [-0.39, 0.29) is 18.2 Å². The molecule has 1 N–H and O–H groups in total. The van der Waals surface area contributed by atoms with Gasteiger partial charge in [0, 0.05) is 41.9 Å². The third-order valence-electron chi connectivity index (χ3n) is 4.53. The number of aromatic nitrogens is 2. The maximum atomic E-state index is 12.6. The van der Waals surface area contributed by atoms with Crippen LogP contribution in [0.5, 0.6) is 0 Å². The standard InChI is InChI=1S/C20H17ClN4O3/c1-12-22-19(24-28-12)13-4-2-7-17(8-13)25-11-14(9-18(25)26)20(27)23-16-6-3-5-15(21)10-16/h2-8,10,14H,9,11H2,1H3,(H,23,27)/t14-/m1/s1. The molecule has 2 aromatic carbocycles. The second-order valence-electron chi connectivity index (χ2n) is 6.59. The van der Waals surface area contributed by atoms with E-state index < -0.39 is 5.92 Å². The average molecular weight is 397 g/mol. The third-order valence-corrected chi connectivity index (χ3v) is 4.77. The Morgan fingerprint density at radius 3 is 2.82 bits per heavy atom. The van der Waals surface area contributed by atoms with Crippen molar-refractivity contribution in [2.24, 2.45) is 5.92 Å². The number of halogens is 1. The van der Waals surface area contributed by atoms with E-state index in [2.05, 4.69) is 15.5 Å². The summed E-state index contributed by atoms with van der Waals surface area (Å²) in [5, 5.41) is 7.27. The Balaban J connectivity index is 1.50. The van der Waals surface area contributed by atoms with Crippen molar-refractivity contribution in [1.82, 2.24) is 10.1 Å². The van der Waals surface area contributed by atoms with E-state index in [0.717, 1.165) is 5.56 Å². The largest absolute Gasteiger partial charge is 0.339 e. The highest BCUT2D eigenvalue weighted by Crippen LogP contribution is 2.29. The van der Waals surface area contributed by atoms with Crippen molar-refractivity contribution in [3.05, 3.63) is 59.4 Å². The van der Waals surface area contributed by atoms with Gasteiger partial charge in [-0.05, 0) is 30.3 Å². The molecule has 1 aliphatic rings. The van der Waals surface area contributed by atoms with Crippen LogP contribution in [0.1, 0.15) is 12.3 Å². The molecule has 142 valence electrons. The van der Waals surface area contributed by atoms with Crippen LogP contribution in [0.15, 0.2) is 53.1 Å². The third kappa shape index (κ3) is 3.75. The van der Waals surface area contributed by atoms with E-state index in [1.54, 1.807) is 36.1 Å². The fourth-order valence-electron chi connectivity index (χ4n) is 3.17. The molecule has 4 rings (SSSR count). The maximum absolute atomic E-state index is 12.6. The fraction of sp³-hybridized carbons (Fsp3) is 0.200. The molecule has 3 aromatic rings. The molecule has 1 saturated heterocycles. The highest BCUT2D eigenvalue weighted by Gasteiger charge is 2.35. The zero-order valence-corrected chi connectivity index (χ0v) is 15.8. The van der Waals surface area contributed by atoms with Crippen molar-refractivity contribution in [1.29, 1.82) is 0 Å². The number of benzene rings is 2. The van der Waals surface area contributed by atoms with Crippen molar-refractivity contribution < 1.29 is 14.1 Å². The molecule has 2 heterocycles. The first-order valence-electron chi connectivity index (χ1n) is 8.77. The molecule has 7 nitrogen and oxygen atoms in total. The molecule has 28 heavy (non-hydrogen) atoms. The Bertz CT molecular complexity index is 1050. The van der Waals surface area contributed by atoms with Crippen LogP contribution in [0.2, 0.25) is 5.02 Å². The summed E-state index contributed by atoms with van der Waals surface area (Å²) in [6, 6.07) is 14.2. The van der Waals surface area contributed by atoms with E-state index in [1.165, 1.54) is 0 Å². The number of rotatable bonds is 4. The van der Waals surface area contributed by atoms with Crippen LogP contribution in [0.25, 0.3) is 11.4 Å². The number of amides is 2. The summed E-state index contributed by atoms with van der Waals surface area (Å²) in [7, 11) is 0. The van der Waals surface area contributed by atoms with Gasteiger partial charge in [0.15, 0.2) is 0 Å². The lowest BCUT2D eigenvalue weighted by molar-refractivity contribution is -0.122. The molecule has 2 amide bonds. The Kier molecular flexibility index (Phi) is 4.83. The maximum Gasteiger partial charge on any atom is 0.229 e. The first-order valence-corrected chi connectivity index (χ1v) is 9.15. The van der Waals surface area contributed by atoms with E-state index in [1.807, 2.05) is 24.3 Å². The van der Waals surface area contributed by atoms with Gasteiger partial charge in [0.1, 0.15) is 0 Å². The monoisotopic (exact) mass is 396 g/mol. The SMILES string of the molecule is Cc1nc(-c2cccc(N3C[C@H](C(=O)Nc4cccc(Cl)c4)CC3=O)c2)no1. The summed E-state index contributed by atoms with van der Waals surface area (Å²) < 4.78 is 5.01. The summed E-state index contributed by atoms with van der Waals surface area (Å²) >= 11 is 5.95. The van der Waals surface area contributed by atoms with Gasteiger partial charge in [-0.3, -0.25) is 9.59 Å². The van der Waals surface area contributed by atoms with E-state index in [9.17, 15) is 9.59 Å². The molecular formula is C20H17ClN4O3. The summed E-state index contributed by atoms with van der Waals surface area (Å²) in [6.07, 6.45) is 0.151. The summed E-state index contributed by atoms with van der Waals surface area (Å²) in [4.78, 5) is 30.9. The number of nitrogens with zero attached hydrogens (tertiary/aromatic N) is 3. The van der Waals surface area contributed by atoms with Crippen LogP contribution < -0.4 is 10.2 Å². The first kappa shape index (κ1) is 18.2. The van der Waals surface area contributed by atoms with E-state index in [0.29, 0.717) is 34.7 Å². The molecular weight excluding hydrogens is 380 g/mol. The van der Waals surface area contributed by atoms with E-state index in [4.69, 9.17) is 16.1 Å². The smallest absolute Gasteiger partial charge is 0.229 e. The molecule has 0 unspecified atom stereocenters. The van der Waals surface area contributed by atoms with Crippen molar-refractivity contribution in [2.45, 2.75) is 13.3 Å². The lowest BCUT2D eigenvalue weighted by atomic mass is 10.1. The lowest BCUT2D eigenvalue weighted by Crippen LogP contribution is -2.28. The molecule has 0 aliphatic carbocycles. The highest BCUT2D eigenvalue weighted by molar-refractivity contribution is 6.30. The molecule has 1 atom stereocenters. The van der Waals surface area contributed by atoms with Crippen LogP contribution in [-0.4, -0.2) is 28.5 Å². The molecule has 0 saturated carbocycles. The topological polar surface area (TPSA) is 88.3 Å². The Morgan fingerprint density at radius 1 is 1.25 bits per heavy atom. The number of nitrogens with one attached hydrogen (secondary N) is 1. The lowest BCUT2D eigenvalue weighted by Gasteiger charge is -2.17. The second kappa shape index (κ2) is 7.44. The normalized spacial score (nSPS) is 16.4. The van der Waals surface area contributed by atoms with Gasteiger partial charge in [-0.2, -0.15) is 4.98 Å². The predicted octanol–water partition coefficient (Wildman–Crippen LogP) is 3.69. The first-order chi connectivity index (χ1) is 13.5. The van der Waals surface area contributed by atoms with Gasteiger partial charge in [-0.25, -0.2) is 0 Å². The van der Waals surface area contributed by atoms with Crippen LogP contribution in [-0.2, 0) is 9.59 Å². The molecule has 0 bridgehead atoms. The molecule has 0 radical (unpaired) electrons. The van der Waals surface area contributed by atoms with Gasteiger partial charge in [-0.1, -0.05) is 35.0 Å². The molecule has 1 fully saturated rings. The number of hydrogen-bond acceptors (Lipinski definition) is 5. The van der Waals surface area contributed by atoms with Gasteiger partial charge in [0.05, 0.1) is 5.92 Å². The number of carbonyl (C=O) groups excluding carboxylic acids is 2. The van der Waals surface area contributed by atoms with Crippen molar-refractivity contribution >= 4 is 34.8 Å². The molecule has 0 spiro atoms. The number of hydrogen-bond donors (Lipinski definition) is 1. The van der Waals surface area contributed by atoms with Crippen LogP contribution in [0.3, 0.4) is 0 Å². The average Bonchev–Trinajstić information content (AvgIpc) is 3.28. The quantitative estimate of drug-likeness (QED) is 0.726. The minimum atomic E-state index is -0.442.